The predicted molar refractivity (Wildman–Crippen MR) is 202 cm³/mol. The lowest BCUT2D eigenvalue weighted by atomic mass is 10.0. The van der Waals surface area contributed by atoms with Crippen molar-refractivity contribution < 1.29 is 9.90 Å². The second-order valence-electron chi connectivity index (χ2n) is 14.6. The summed E-state index contributed by atoms with van der Waals surface area (Å²) in [6.07, 6.45) is 47.9. The van der Waals surface area contributed by atoms with Gasteiger partial charge in [0.25, 0.3) is 0 Å². The zero-order chi connectivity index (χ0) is 32.9. The molecular weight excluding hydrogens is 550 g/mol. The Bertz CT molecular complexity index is 527. The van der Waals surface area contributed by atoms with Crippen molar-refractivity contribution in [2.45, 2.75) is 252 Å². The van der Waals surface area contributed by atoms with Crippen LogP contribution in [0, 0.1) is 0 Å². The summed E-state index contributed by atoms with van der Waals surface area (Å²) < 4.78 is 0. The molecule has 0 radical (unpaired) electrons. The Morgan fingerprint density at radius 2 is 0.578 bits per heavy atom. The van der Waals surface area contributed by atoms with Crippen molar-refractivity contribution in [2.24, 2.45) is 0 Å². The Morgan fingerprint density at radius 3 is 0.756 bits per heavy atom. The van der Waals surface area contributed by atoms with Gasteiger partial charge in [-0.05, 0) is 32.4 Å². The molecule has 0 bridgehead atoms. The Morgan fingerprint density at radius 1 is 0.378 bits per heavy atom. The third-order valence-corrected chi connectivity index (χ3v) is 10.2. The van der Waals surface area contributed by atoms with Crippen molar-refractivity contribution in [1.29, 1.82) is 0 Å². The minimum Gasteiger partial charge on any atom is -0.480 e. The number of carboxylic acids is 1. The summed E-state index contributed by atoms with van der Waals surface area (Å²) in [7, 11) is 0. The lowest BCUT2D eigenvalue weighted by Crippen LogP contribution is -2.42. The van der Waals surface area contributed by atoms with Crippen molar-refractivity contribution in [3.05, 3.63) is 0 Å². The highest BCUT2D eigenvalue weighted by atomic mass is 16.4. The van der Waals surface area contributed by atoms with Gasteiger partial charge in [0.15, 0.2) is 0 Å². The fourth-order valence-corrected chi connectivity index (χ4v) is 7.09. The largest absolute Gasteiger partial charge is 0.480 e. The molecule has 0 amide bonds. The van der Waals surface area contributed by atoms with E-state index >= 15 is 0 Å². The van der Waals surface area contributed by atoms with Crippen LogP contribution in [0.5, 0.6) is 0 Å². The number of carboxylic acid groups (broad SMARTS) is 1. The molecule has 0 heterocycles. The molecule has 0 saturated carbocycles. The number of carbonyl (C=O) groups is 1. The summed E-state index contributed by atoms with van der Waals surface area (Å²) in [5.41, 5.74) is 0. The highest BCUT2D eigenvalue weighted by molar-refractivity contribution is 5.73. The van der Waals surface area contributed by atoms with Crippen LogP contribution < -0.4 is 0 Å². The van der Waals surface area contributed by atoms with E-state index in [2.05, 4.69) is 18.7 Å². The molecule has 0 saturated heterocycles. The lowest BCUT2D eigenvalue weighted by molar-refractivity contribution is -0.143. The van der Waals surface area contributed by atoms with Crippen LogP contribution >= 0.6 is 0 Å². The minimum atomic E-state index is -0.628. The number of hydrogen-bond donors (Lipinski definition) is 1. The van der Waals surface area contributed by atoms with Gasteiger partial charge < -0.3 is 5.11 Å². The van der Waals surface area contributed by atoms with Crippen LogP contribution in [-0.2, 0) is 4.79 Å². The first-order valence-electron chi connectivity index (χ1n) is 21.1. The summed E-state index contributed by atoms with van der Waals surface area (Å²) >= 11 is 0. The quantitative estimate of drug-likeness (QED) is 0.0683. The van der Waals surface area contributed by atoms with E-state index < -0.39 is 5.97 Å². The number of nitrogens with zero attached hydrogens (tertiary/aromatic N) is 1. The van der Waals surface area contributed by atoms with Crippen LogP contribution in [0.2, 0.25) is 0 Å². The maximum Gasteiger partial charge on any atom is 0.320 e. The average Bonchev–Trinajstić information content (AvgIpc) is 3.03. The topological polar surface area (TPSA) is 40.5 Å². The van der Waals surface area contributed by atoms with Crippen LogP contribution in [0.4, 0.5) is 0 Å². The van der Waals surface area contributed by atoms with Crippen LogP contribution in [0.15, 0.2) is 0 Å². The van der Waals surface area contributed by atoms with Gasteiger partial charge >= 0.3 is 5.97 Å². The fourth-order valence-electron chi connectivity index (χ4n) is 7.09. The molecule has 270 valence electrons. The Balaban J connectivity index is 3.68. The standard InChI is InChI=1S/C42H85NO2/c1-4-7-9-11-13-15-17-19-21-23-25-27-29-31-33-35-37-39-43(41(6-3)42(44)45)40-38-36-34-32-30-28-26-24-22-20-18-16-14-12-10-8-5-2/h41H,4-40H2,1-3H3,(H,44,45). The second-order valence-corrected chi connectivity index (χ2v) is 14.6. The molecule has 0 aromatic rings. The third kappa shape index (κ3) is 33.1. The van der Waals surface area contributed by atoms with E-state index in [1.807, 2.05) is 6.92 Å². The molecule has 0 fully saturated rings. The monoisotopic (exact) mass is 636 g/mol. The highest BCUT2D eigenvalue weighted by Gasteiger charge is 2.22. The van der Waals surface area contributed by atoms with Gasteiger partial charge in [-0.25, -0.2) is 0 Å². The van der Waals surface area contributed by atoms with E-state index in [1.54, 1.807) is 0 Å². The molecule has 1 unspecified atom stereocenters. The van der Waals surface area contributed by atoms with Crippen molar-refractivity contribution in [2.75, 3.05) is 13.1 Å². The van der Waals surface area contributed by atoms with Crippen molar-refractivity contribution in [3.63, 3.8) is 0 Å². The summed E-state index contributed by atoms with van der Waals surface area (Å²) in [6, 6.07) is -0.299. The molecule has 0 rings (SSSR count). The Kier molecular flexibility index (Phi) is 37.4. The van der Waals surface area contributed by atoms with E-state index in [0.717, 1.165) is 25.9 Å². The van der Waals surface area contributed by atoms with Crippen molar-refractivity contribution in [3.8, 4) is 0 Å². The van der Waals surface area contributed by atoms with Gasteiger partial charge in [-0.3, -0.25) is 9.69 Å². The summed E-state index contributed by atoms with van der Waals surface area (Å²) in [5.74, 6) is -0.628. The van der Waals surface area contributed by atoms with Crippen LogP contribution in [-0.4, -0.2) is 35.1 Å². The molecule has 45 heavy (non-hydrogen) atoms. The molecule has 0 aromatic heterocycles. The number of hydrogen-bond acceptors (Lipinski definition) is 2. The summed E-state index contributed by atoms with van der Waals surface area (Å²) in [6.45, 7) is 8.55. The Hall–Kier alpha value is -0.570. The zero-order valence-electron chi connectivity index (χ0n) is 31.5. The maximum atomic E-state index is 11.9. The van der Waals surface area contributed by atoms with E-state index in [1.165, 1.54) is 205 Å². The van der Waals surface area contributed by atoms with Crippen LogP contribution in [0.25, 0.3) is 0 Å². The molecule has 0 aliphatic rings. The first-order valence-corrected chi connectivity index (χ1v) is 21.1. The first kappa shape index (κ1) is 44.4. The third-order valence-electron chi connectivity index (χ3n) is 10.2. The van der Waals surface area contributed by atoms with Crippen molar-refractivity contribution >= 4 is 5.97 Å². The van der Waals surface area contributed by atoms with Crippen molar-refractivity contribution in [1.82, 2.24) is 4.90 Å². The molecule has 1 N–H and O–H groups in total. The smallest absolute Gasteiger partial charge is 0.320 e. The Labute approximate surface area is 284 Å². The molecular formula is C42H85NO2. The number of rotatable bonds is 39. The van der Waals surface area contributed by atoms with Gasteiger partial charge in [0.2, 0.25) is 0 Å². The fraction of sp³-hybridized carbons (Fsp3) is 0.976. The molecule has 0 spiro atoms. The van der Waals surface area contributed by atoms with Gasteiger partial charge in [0.05, 0.1) is 0 Å². The van der Waals surface area contributed by atoms with Crippen LogP contribution in [0.3, 0.4) is 0 Å². The normalized spacial score (nSPS) is 12.4. The highest BCUT2D eigenvalue weighted by Crippen LogP contribution is 2.17. The summed E-state index contributed by atoms with van der Waals surface area (Å²) in [4.78, 5) is 14.2. The average molecular weight is 636 g/mol. The van der Waals surface area contributed by atoms with Gasteiger partial charge in [0, 0.05) is 0 Å². The van der Waals surface area contributed by atoms with Gasteiger partial charge in [-0.15, -0.1) is 0 Å². The number of unbranched alkanes of at least 4 members (excludes halogenated alkanes) is 32. The molecule has 3 nitrogen and oxygen atoms in total. The number of aliphatic carboxylic acids is 1. The lowest BCUT2D eigenvalue weighted by Gasteiger charge is -2.28. The maximum absolute atomic E-state index is 11.9. The van der Waals surface area contributed by atoms with E-state index in [0.29, 0.717) is 6.42 Å². The molecule has 3 heteroatoms. The van der Waals surface area contributed by atoms with Gasteiger partial charge in [0.1, 0.15) is 6.04 Å². The van der Waals surface area contributed by atoms with Gasteiger partial charge in [-0.2, -0.15) is 0 Å². The van der Waals surface area contributed by atoms with Crippen LogP contribution in [0.1, 0.15) is 245 Å². The van der Waals surface area contributed by atoms with E-state index in [4.69, 9.17) is 0 Å². The molecule has 0 aromatic carbocycles. The molecule has 0 aliphatic carbocycles. The zero-order valence-corrected chi connectivity index (χ0v) is 31.5. The van der Waals surface area contributed by atoms with Gasteiger partial charge in [-0.1, -0.05) is 226 Å². The van der Waals surface area contributed by atoms with E-state index in [9.17, 15) is 9.90 Å². The predicted octanol–water partition coefficient (Wildman–Crippen LogP) is 14.5. The SMILES string of the molecule is CCCCCCCCCCCCCCCCCCCN(CCCCCCCCCCCCCCCCCCC)C(CC)C(=O)O. The molecule has 1 atom stereocenters. The second kappa shape index (κ2) is 37.9. The minimum absolute atomic E-state index is 0.299. The van der Waals surface area contributed by atoms with E-state index in [-0.39, 0.29) is 6.04 Å². The molecule has 0 aliphatic heterocycles. The summed E-state index contributed by atoms with van der Waals surface area (Å²) in [5, 5.41) is 9.79. The first-order chi connectivity index (χ1) is 22.2.